The van der Waals surface area contributed by atoms with Gasteiger partial charge in [-0.2, -0.15) is 0 Å². The van der Waals surface area contributed by atoms with Crippen LogP contribution in [0.4, 0.5) is 0 Å². The van der Waals surface area contributed by atoms with Gasteiger partial charge >= 0.3 is 0 Å². The molecule has 0 aromatic heterocycles. The van der Waals surface area contributed by atoms with Crippen LogP contribution in [0, 0.1) is 0 Å². The highest BCUT2D eigenvalue weighted by molar-refractivity contribution is 6.03. The molecule has 1 aromatic carbocycles. The van der Waals surface area contributed by atoms with E-state index in [-0.39, 0.29) is 18.8 Å². The molecule has 0 aliphatic carbocycles. The number of ether oxygens (including phenoxy) is 1. The summed E-state index contributed by atoms with van der Waals surface area (Å²) >= 11 is 0. The maximum absolute atomic E-state index is 12.0. The number of hydrogen-bond donors (Lipinski definition) is 1. The fraction of sp³-hybridized carbons (Fsp3) is 0.333. The summed E-state index contributed by atoms with van der Waals surface area (Å²) in [6.07, 6.45) is 1.44. The smallest absolute Gasteiger partial charge is 0.197 e. The molecular weight excluding hydrogens is 244 g/mol. The molecule has 0 saturated carbocycles. The zero-order valence-corrected chi connectivity index (χ0v) is 11.2. The van der Waals surface area contributed by atoms with Crippen molar-refractivity contribution >= 4 is 11.6 Å². The standard InChI is InChI=1S/C15H18O4/c1-4-11(16)9-10-19-13-8-6-5-7-12(13)14(17)15(2,3)18/h4-8,18H,1,9-10H2,2-3H3. The molecule has 0 radical (unpaired) electrons. The first-order chi connectivity index (χ1) is 8.86. The molecule has 0 heterocycles. The first-order valence-corrected chi connectivity index (χ1v) is 6.00. The minimum Gasteiger partial charge on any atom is -0.492 e. The average Bonchev–Trinajstić information content (AvgIpc) is 2.37. The molecule has 4 heteroatoms. The Balaban J connectivity index is 2.82. The van der Waals surface area contributed by atoms with Crippen LogP contribution in [0.15, 0.2) is 36.9 Å². The predicted molar refractivity (Wildman–Crippen MR) is 72.4 cm³/mol. The van der Waals surface area contributed by atoms with Crippen molar-refractivity contribution in [1.29, 1.82) is 0 Å². The number of allylic oxidation sites excluding steroid dienone is 1. The van der Waals surface area contributed by atoms with Gasteiger partial charge in [0.25, 0.3) is 0 Å². The largest absolute Gasteiger partial charge is 0.492 e. The molecule has 0 aliphatic heterocycles. The second-order valence-electron chi connectivity index (χ2n) is 4.65. The fourth-order valence-electron chi connectivity index (χ4n) is 1.47. The molecule has 0 aliphatic rings. The lowest BCUT2D eigenvalue weighted by atomic mass is 9.96. The summed E-state index contributed by atoms with van der Waals surface area (Å²) < 4.78 is 5.43. The molecule has 0 atom stereocenters. The number of ketones is 2. The second kappa shape index (κ2) is 6.29. The second-order valence-corrected chi connectivity index (χ2v) is 4.65. The van der Waals surface area contributed by atoms with Crippen molar-refractivity contribution in [2.45, 2.75) is 25.9 Å². The van der Waals surface area contributed by atoms with Gasteiger partial charge < -0.3 is 9.84 Å². The molecule has 19 heavy (non-hydrogen) atoms. The highest BCUT2D eigenvalue weighted by Crippen LogP contribution is 2.23. The van der Waals surface area contributed by atoms with Gasteiger partial charge in [-0.3, -0.25) is 9.59 Å². The Bertz CT molecular complexity index is 483. The molecule has 0 fully saturated rings. The number of para-hydroxylation sites is 1. The van der Waals surface area contributed by atoms with Crippen LogP contribution < -0.4 is 4.74 Å². The summed E-state index contributed by atoms with van der Waals surface area (Å²) in [5.41, 5.74) is -1.16. The van der Waals surface area contributed by atoms with E-state index in [1.54, 1.807) is 24.3 Å². The number of rotatable bonds is 7. The Kier molecular flexibility index (Phi) is 5.01. The van der Waals surface area contributed by atoms with Gasteiger partial charge in [-0.05, 0) is 32.1 Å². The highest BCUT2D eigenvalue weighted by atomic mass is 16.5. The average molecular weight is 262 g/mol. The SMILES string of the molecule is C=CC(=O)CCOc1ccccc1C(=O)C(C)(C)O. The Morgan fingerprint density at radius 2 is 2.00 bits per heavy atom. The van der Waals surface area contributed by atoms with Crippen molar-refractivity contribution in [3.63, 3.8) is 0 Å². The molecular formula is C15H18O4. The van der Waals surface area contributed by atoms with Crippen molar-refractivity contribution in [2.24, 2.45) is 0 Å². The first kappa shape index (κ1) is 15.1. The molecule has 0 saturated heterocycles. The van der Waals surface area contributed by atoms with Crippen LogP contribution in [-0.2, 0) is 4.79 Å². The van der Waals surface area contributed by atoms with Gasteiger partial charge in [-0.25, -0.2) is 0 Å². The van der Waals surface area contributed by atoms with E-state index < -0.39 is 11.4 Å². The third-order valence-corrected chi connectivity index (χ3v) is 2.52. The fourth-order valence-corrected chi connectivity index (χ4v) is 1.47. The first-order valence-electron chi connectivity index (χ1n) is 6.00. The van der Waals surface area contributed by atoms with Gasteiger partial charge in [0.1, 0.15) is 11.4 Å². The monoisotopic (exact) mass is 262 g/mol. The van der Waals surface area contributed by atoms with E-state index in [0.29, 0.717) is 11.3 Å². The van der Waals surface area contributed by atoms with Crippen LogP contribution in [-0.4, -0.2) is 28.9 Å². The number of carbonyl (C=O) groups is 2. The van der Waals surface area contributed by atoms with Crippen molar-refractivity contribution in [3.8, 4) is 5.75 Å². The van der Waals surface area contributed by atoms with Crippen LogP contribution in [0.2, 0.25) is 0 Å². The topological polar surface area (TPSA) is 63.6 Å². The van der Waals surface area contributed by atoms with E-state index in [9.17, 15) is 14.7 Å². The number of aliphatic hydroxyl groups is 1. The van der Waals surface area contributed by atoms with Crippen molar-refractivity contribution in [1.82, 2.24) is 0 Å². The van der Waals surface area contributed by atoms with Gasteiger partial charge in [-0.15, -0.1) is 0 Å². The number of benzene rings is 1. The molecule has 4 nitrogen and oxygen atoms in total. The Labute approximate surface area is 112 Å². The summed E-state index contributed by atoms with van der Waals surface area (Å²) in [6, 6.07) is 6.65. The van der Waals surface area contributed by atoms with Crippen molar-refractivity contribution in [3.05, 3.63) is 42.5 Å². The van der Waals surface area contributed by atoms with E-state index in [0.717, 1.165) is 0 Å². The molecule has 0 spiro atoms. The molecule has 1 rings (SSSR count). The molecule has 0 unspecified atom stereocenters. The van der Waals surface area contributed by atoms with Crippen molar-refractivity contribution in [2.75, 3.05) is 6.61 Å². The normalized spacial score (nSPS) is 10.9. The van der Waals surface area contributed by atoms with Crippen molar-refractivity contribution < 1.29 is 19.4 Å². The number of hydrogen-bond acceptors (Lipinski definition) is 4. The third kappa shape index (κ3) is 4.34. The van der Waals surface area contributed by atoms with E-state index in [2.05, 4.69) is 6.58 Å². The zero-order valence-electron chi connectivity index (χ0n) is 11.2. The maximum atomic E-state index is 12.0. The number of carbonyl (C=O) groups excluding carboxylic acids is 2. The summed E-state index contributed by atoms with van der Waals surface area (Å²) in [4.78, 5) is 23.1. The molecule has 102 valence electrons. The molecule has 1 aromatic rings. The Hall–Kier alpha value is -1.94. The maximum Gasteiger partial charge on any atom is 0.197 e. The minimum atomic E-state index is -1.46. The van der Waals surface area contributed by atoms with Gasteiger partial charge in [-0.1, -0.05) is 18.7 Å². The van der Waals surface area contributed by atoms with E-state index in [1.165, 1.54) is 19.9 Å². The highest BCUT2D eigenvalue weighted by Gasteiger charge is 2.27. The van der Waals surface area contributed by atoms with E-state index in [4.69, 9.17) is 4.74 Å². The van der Waals surface area contributed by atoms with Crippen LogP contribution in [0.1, 0.15) is 30.6 Å². The van der Waals surface area contributed by atoms with E-state index >= 15 is 0 Å². The van der Waals surface area contributed by atoms with Gasteiger partial charge in [0, 0.05) is 6.42 Å². The van der Waals surface area contributed by atoms with Gasteiger partial charge in [0.05, 0.1) is 12.2 Å². The summed E-state index contributed by atoms with van der Waals surface area (Å²) in [7, 11) is 0. The predicted octanol–water partition coefficient (Wildman–Crippen LogP) is 2.16. The third-order valence-electron chi connectivity index (χ3n) is 2.52. The summed E-state index contributed by atoms with van der Waals surface area (Å²) in [5.74, 6) is -0.170. The Morgan fingerprint density at radius 3 is 2.58 bits per heavy atom. The lowest BCUT2D eigenvalue weighted by molar-refractivity contribution is -0.115. The number of Topliss-reactive ketones (excluding diaryl/α,β-unsaturated/α-hetero) is 1. The van der Waals surface area contributed by atoms with Crippen LogP contribution in [0.5, 0.6) is 5.75 Å². The quantitative estimate of drug-likeness (QED) is 0.604. The van der Waals surface area contributed by atoms with E-state index in [1.807, 2.05) is 0 Å². The lowest BCUT2D eigenvalue weighted by Gasteiger charge is -2.18. The van der Waals surface area contributed by atoms with Gasteiger partial charge in [0.15, 0.2) is 11.6 Å². The van der Waals surface area contributed by atoms with Crippen LogP contribution >= 0.6 is 0 Å². The van der Waals surface area contributed by atoms with Crippen LogP contribution in [0.3, 0.4) is 0 Å². The zero-order chi connectivity index (χ0) is 14.5. The van der Waals surface area contributed by atoms with Gasteiger partial charge in [0.2, 0.25) is 0 Å². The molecule has 1 N–H and O–H groups in total. The summed E-state index contributed by atoms with van der Waals surface area (Å²) in [5, 5.41) is 9.74. The molecule has 0 bridgehead atoms. The lowest BCUT2D eigenvalue weighted by Crippen LogP contribution is -2.31. The Morgan fingerprint density at radius 1 is 1.37 bits per heavy atom. The summed E-state index contributed by atoms with van der Waals surface area (Å²) in [6.45, 7) is 6.39. The van der Waals surface area contributed by atoms with Crippen LogP contribution in [0.25, 0.3) is 0 Å². The minimum absolute atomic E-state index is 0.119. The molecule has 0 amide bonds.